The molecule has 2 aromatic carbocycles. The molecule has 0 bridgehead atoms. The Balaban J connectivity index is 0.00000240. The molecule has 0 fully saturated rings. The molecule has 0 aliphatic heterocycles. The molecule has 0 radical (unpaired) electrons. The zero-order chi connectivity index (χ0) is 19.7. The molecule has 6 nitrogen and oxygen atoms in total. The number of nitrogens with zero attached hydrogens (tertiary/aromatic N) is 3. The molecule has 0 spiro atoms. The van der Waals surface area contributed by atoms with Crippen molar-refractivity contribution >= 4 is 34.3 Å². The van der Waals surface area contributed by atoms with E-state index in [1.165, 1.54) is 0 Å². The van der Waals surface area contributed by atoms with Gasteiger partial charge in [0.05, 0.1) is 24.4 Å². The number of aromatic nitrogens is 2. The van der Waals surface area contributed by atoms with Crippen molar-refractivity contribution in [3.8, 4) is 17.3 Å². The maximum absolute atomic E-state index is 6.02. The molecular formula is C22H25ClN4O2. The molecule has 0 aliphatic rings. The lowest BCUT2D eigenvalue weighted by atomic mass is 10.0. The van der Waals surface area contributed by atoms with Crippen molar-refractivity contribution in [1.82, 2.24) is 14.9 Å². The third kappa shape index (κ3) is 4.05. The van der Waals surface area contributed by atoms with E-state index in [4.69, 9.17) is 24.9 Å². The minimum Gasteiger partial charge on any atom is -0.497 e. The van der Waals surface area contributed by atoms with E-state index >= 15 is 0 Å². The summed E-state index contributed by atoms with van der Waals surface area (Å²) in [6, 6.07) is 15.8. The average molecular weight is 413 g/mol. The fourth-order valence-electron chi connectivity index (χ4n) is 3.51. The molecule has 2 N–H and O–H groups in total. The van der Waals surface area contributed by atoms with Gasteiger partial charge in [0, 0.05) is 10.8 Å². The minimum atomic E-state index is 0. The van der Waals surface area contributed by atoms with Crippen LogP contribution in [0.1, 0.15) is 18.2 Å². The molecule has 0 saturated heterocycles. The Morgan fingerprint density at radius 2 is 1.90 bits per heavy atom. The predicted molar refractivity (Wildman–Crippen MR) is 119 cm³/mol. The van der Waals surface area contributed by atoms with Crippen LogP contribution in [0.5, 0.6) is 5.75 Å². The van der Waals surface area contributed by atoms with Gasteiger partial charge in [-0.1, -0.05) is 18.2 Å². The lowest BCUT2D eigenvalue weighted by molar-refractivity contribution is 0.283. The molecule has 1 atom stereocenters. The third-order valence-corrected chi connectivity index (χ3v) is 4.96. The topological polar surface area (TPSA) is 77.4 Å². The highest BCUT2D eigenvalue weighted by Gasteiger charge is 2.21. The van der Waals surface area contributed by atoms with Crippen LogP contribution in [-0.2, 0) is 0 Å². The monoisotopic (exact) mass is 412 g/mol. The molecule has 152 valence electrons. The first kappa shape index (κ1) is 21.0. The molecule has 4 rings (SSSR count). The molecular weight excluding hydrogens is 388 g/mol. The zero-order valence-corrected chi connectivity index (χ0v) is 17.6. The van der Waals surface area contributed by atoms with E-state index in [0.29, 0.717) is 18.1 Å². The van der Waals surface area contributed by atoms with Gasteiger partial charge >= 0.3 is 0 Å². The molecule has 0 saturated carbocycles. The molecule has 7 heteroatoms. The van der Waals surface area contributed by atoms with Crippen LogP contribution in [0.2, 0.25) is 0 Å². The summed E-state index contributed by atoms with van der Waals surface area (Å²) in [6.45, 7) is 0.568. The lowest BCUT2D eigenvalue weighted by Gasteiger charge is -2.25. The number of nitrogens with two attached hydrogens (primary N) is 1. The van der Waals surface area contributed by atoms with Crippen molar-refractivity contribution in [2.75, 3.05) is 27.7 Å². The fourth-order valence-corrected chi connectivity index (χ4v) is 3.51. The fraction of sp³-hybridized carbons (Fsp3) is 0.273. The van der Waals surface area contributed by atoms with E-state index in [9.17, 15) is 0 Å². The molecule has 0 amide bonds. The van der Waals surface area contributed by atoms with Crippen molar-refractivity contribution in [3.63, 3.8) is 0 Å². The minimum absolute atomic E-state index is 0. The summed E-state index contributed by atoms with van der Waals surface area (Å²) in [5.74, 6) is 2.01. The summed E-state index contributed by atoms with van der Waals surface area (Å²) in [6.07, 6.45) is 0.788. The summed E-state index contributed by atoms with van der Waals surface area (Å²) in [5, 5.41) is 2.00. The smallest absolute Gasteiger partial charge is 0.196 e. The highest BCUT2D eigenvalue weighted by Crippen LogP contribution is 2.33. The number of furan rings is 1. The van der Waals surface area contributed by atoms with E-state index in [2.05, 4.69) is 4.90 Å². The van der Waals surface area contributed by atoms with Crippen LogP contribution in [0, 0.1) is 0 Å². The third-order valence-electron chi connectivity index (χ3n) is 4.96. The van der Waals surface area contributed by atoms with Gasteiger partial charge in [-0.3, -0.25) is 0 Å². The van der Waals surface area contributed by atoms with Crippen LogP contribution in [0.4, 0.5) is 0 Å². The number of methoxy groups -OCH3 is 1. The lowest BCUT2D eigenvalue weighted by Crippen LogP contribution is -2.24. The molecule has 2 aromatic heterocycles. The van der Waals surface area contributed by atoms with Crippen LogP contribution in [0.3, 0.4) is 0 Å². The Hall–Kier alpha value is -2.67. The summed E-state index contributed by atoms with van der Waals surface area (Å²) >= 11 is 0. The van der Waals surface area contributed by atoms with E-state index in [1.54, 1.807) is 7.11 Å². The number of halogens is 1. The van der Waals surface area contributed by atoms with Crippen molar-refractivity contribution in [2.24, 2.45) is 5.73 Å². The second kappa shape index (κ2) is 8.78. The van der Waals surface area contributed by atoms with Crippen molar-refractivity contribution < 1.29 is 9.15 Å². The normalized spacial score (nSPS) is 12.3. The first-order valence-corrected chi connectivity index (χ1v) is 9.32. The number of benzene rings is 2. The van der Waals surface area contributed by atoms with Gasteiger partial charge < -0.3 is 19.8 Å². The maximum Gasteiger partial charge on any atom is 0.196 e. The number of hydrogen-bond donors (Lipinski definition) is 1. The first-order chi connectivity index (χ1) is 13.6. The van der Waals surface area contributed by atoms with Gasteiger partial charge in [-0.25, -0.2) is 9.97 Å². The maximum atomic E-state index is 6.02. The van der Waals surface area contributed by atoms with Crippen LogP contribution in [-0.4, -0.2) is 42.6 Å². The summed E-state index contributed by atoms with van der Waals surface area (Å²) in [7, 11) is 5.73. The second-order valence-electron chi connectivity index (χ2n) is 7.02. The quantitative estimate of drug-likeness (QED) is 0.505. The van der Waals surface area contributed by atoms with Crippen LogP contribution in [0.15, 0.2) is 52.9 Å². The molecule has 29 heavy (non-hydrogen) atoms. The van der Waals surface area contributed by atoms with E-state index in [-0.39, 0.29) is 18.4 Å². The predicted octanol–water partition coefficient (Wildman–Crippen LogP) is 4.42. The number of para-hydroxylation sites is 1. The highest BCUT2D eigenvalue weighted by atomic mass is 35.5. The van der Waals surface area contributed by atoms with Crippen molar-refractivity contribution in [2.45, 2.75) is 12.5 Å². The van der Waals surface area contributed by atoms with E-state index in [1.807, 2.05) is 62.6 Å². The summed E-state index contributed by atoms with van der Waals surface area (Å²) < 4.78 is 11.4. The van der Waals surface area contributed by atoms with Crippen molar-refractivity contribution in [3.05, 3.63) is 54.2 Å². The Bertz CT molecular complexity index is 1090. The van der Waals surface area contributed by atoms with Crippen LogP contribution >= 0.6 is 12.4 Å². The number of hydrogen-bond acceptors (Lipinski definition) is 6. The molecule has 0 aliphatic carbocycles. The zero-order valence-electron chi connectivity index (χ0n) is 16.8. The first-order valence-electron chi connectivity index (χ1n) is 9.32. The number of rotatable bonds is 6. The Morgan fingerprint density at radius 3 is 2.59 bits per heavy atom. The standard InChI is InChI=1S/C22H24N4O2.ClH/c1-26(2)18(10-11-23)21-16-13-15(27-3)8-9-17(16)24-22(25-21)20-12-14-6-4-5-7-19(14)28-20;/h4-9,12-13,18H,10-11,23H2,1-3H3;1H. The summed E-state index contributed by atoms with van der Waals surface area (Å²) in [5.41, 5.74) is 8.49. The van der Waals surface area contributed by atoms with Crippen LogP contribution in [0.25, 0.3) is 33.5 Å². The van der Waals surface area contributed by atoms with Crippen molar-refractivity contribution in [1.29, 1.82) is 0 Å². The van der Waals surface area contributed by atoms with Gasteiger partial charge in [-0.2, -0.15) is 0 Å². The average Bonchev–Trinajstić information content (AvgIpc) is 3.15. The molecule has 4 aromatic rings. The van der Waals surface area contributed by atoms with E-state index < -0.39 is 0 Å². The largest absolute Gasteiger partial charge is 0.497 e. The van der Waals surface area contributed by atoms with Gasteiger partial charge in [0.25, 0.3) is 0 Å². The molecule has 2 heterocycles. The van der Waals surface area contributed by atoms with Gasteiger partial charge in [0.2, 0.25) is 0 Å². The summed E-state index contributed by atoms with van der Waals surface area (Å²) in [4.78, 5) is 11.8. The van der Waals surface area contributed by atoms with Gasteiger partial charge in [-0.05, 0) is 57.4 Å². The van der Waals surface area contributed by atoms with Gasteiger partial charge in [0.15, 0.2) is 11.6 Å². The van der Waals surface area contributed by atoms with Gasteiger partial charge in [-0.15, -0.1) is 12.4 Å². The van der Waals surface area contributed by atoms with E-state index in [0.717, 1.165) is 39.7 Å². The second-order valence-corrected chi connectivity index (χ2v) is 7.02. The van der Waals surface area contributed by atoms with Gasteiger partial charge in [0.1, 0.15) is 11.3 Å². The SMILES string of the molecule is COc1ccc2nc(-c3cc4ccccc4o3)nc(C(CCN)N(C)C)c2c1.Cl. The number of fused-ring (bicyclic) bond motifs is 2. The Kier molecular flexibility index (Phi) is 6.37. The Morgan fingerprint density at radius 1 is 1.10 bits per heavy atom. The highest BCUT2D eigenvalue weighted by molar-refractivity contribution is 5.86. The van der Waals surface area contributed by atoms with Crippen LogP contribution < -0.4 is 10.5 Å². The number of ether oxygens (including phenoxy) is 1. The Labute approximate surface area is 176 Å². The molecule has 1 unspecified atom stereocenters.